The van der Waals surface area contributed by atoms with Crippen molar-refractivity contribution in [2.75, 3.05) is 20.8 Å². The summed E-state index contributed by atoms with van der Waals surface area (Å²) in [5.41, 5.74) is 0.200. The molecule has 0 radical (unpaired) electrons. The van der Waals surface area contributed by atoms with Crippen LogP contribution in [-0.2, 0) is 52.3 Å². The zero-order valence-electron chi connectivity index (χ0n) is 39.6. The van der Waals surface area contributed by atoms with Crippen LogP contribution in [0.4, 0.5) is 0 Å². The van der Waals surface area contributed by atoms with Crippen molar-refractivity contribution < 1.29 is 62.5 Å². The van der Waals surface area contributed by atoms with E-state index in [0.29, 0.717) is 49.7 Å². The lowest BCUT2D eigenvalue weighted by molar-refractivity contribution is -0.300. The largest absolute Gasteiger partial charge is 0.462 e. The van der Waals surface area contributed by atoms with Gasteiger partial charge >= 0.3 is 5.97 Å². The lowest BCUT2D eigenvalue weighted by atomic mass is 9.71. The summed E-state index contributed by atoms with van der Waals surface area (Å²) in [6.07, 6.45) is 12.3. The van der Waals surface area contributed by atoms with Crippen LogP contribution in [0.2, 0.25) is 0 Å². The molecule has 14 heteroatoms. The van der Waals surface area contributed by atoms with Gasteiger partial charge in [0.2, 0.25) is 0 Å². The molecule has 0 saturated carbocycles. The predicted octanol–water partition coefficient (Wildman–Crippen LogP) is 6.68. The monoisotopic (exact) mass is 898 g/mol. The molecule has 1 aliphatic carbocycles. The highest BCUT2D eigenvalue weighted by atomic mass is 16.7. The third kappa shape index (κ3) is 10.1. The van der Waals surface area contributed by atoms with E-state index < -0.39 is 54.0 Å². The smallest absolute Gasteiger partial charge is 0.316 e. The van der Waals surface area contributed by atoms with Gasteiger partial charge in [-0.1, -0.05) is 70.6 Å². The second-order valence-electron chi connectivity index (χ2n) is 19.7. The Morgan fingerprint density at radius 1 is 0.969 bits per heavy atom. The number of oxime groups is 1. The number of esters is 1. The van der Waals surface area contributed by atoms with Gasteiger partial charge in [0.15, 0.2) is 18.2 Å². The van der Waals surface area contributed by atoms with Crippen molar-refractivity contribution >= 4 is 12.7 Å². The quantitative estimate of drug-likeness (QED) is 0.104. The Balaban J connectivity index is 1.17. The molecule has 7 rings (SSSR count). The lowest BCUT2D eigenvalue weighted by Gasteiger charge is -2.48. The van der Waals surface area contributed by atoms with Crippen LogP contribution in [0.1, 0.15) is 100 Å². The zero-order valence-corrected chi connectivity index (χ0v) is 39.6. The second-order valence-corrected chi connectivity index (χ2v) is 19.7. The summed E-state index contributed by atoms with van der Waals surface area (Å²) in [5.74, 6) is -2.46. The number of hydrogen-bond acceptors (Lipinski definition) is 14. The normalized spacial score (nSPS) is 47.8. The van der Waals surface area contributed by atoms with Crippen LogP contribution in [0, 0.1) is 29.6 Å². The number of methoxy groups -OCH3 is 2. The van der Waals surface area contributed by atoms with Gasteiger partial charge in [-0.25, -0.2) is 0 Å². The van der Waals surface area contributed by atoms with Gasteiger partial charge in [-0.05, 0) is 69.2 Å². The molecule has 0 amide bonds. The predicted molar refractivity (Wildman–Crippen MR) is 239 cm³/mol. The molecule has 6 aliphatic heterocycles. The molecule has 0 aromatic rings. The number of carbonyl (C=O) groups excluding carboxylic acids is 1. The topological polar surface area (TPSA) is 162 Å². The SMILES string of the molecule is C=NO[C@H]1[C@H](C)O[C@@H](C[C@H]2[C@H](C)O[C@@H](O[C@@H]3/C(C)=C/C[C@@H]4C[C@@H](C[C@]5(C=C[C@H](C)[C@@H](C(C)CC)O5)O4)OC(=O)[C@@H]4C=C(C)[C@@H](O)[C@H]5OC/C(=C\C=C\[C@@H]3C)C54O)C[C@@H]2OC)C[C@@H]1OC. The standard InChI is InChI=1S/C50H75NO13/c1-12-27(2)45-30(5)18-19-49(63-45)25-37-21-35(62-49)17-16-29(4)44(28(3)14-13-15-34-26-57-47-43(52)31(6)20-39(48(53)60-37)50(34,47)54)61-42-24-40(55-10)38(32(7)59-42)22-36-23-41(56-11)46(64-51-9)33(8)58-36/h13-16,18-20,27-28,30,32-33,35-47,52,54H,9,12,17,21-26H2,1-8,10-11H3/b14-13+,29-16+,34-15+/t27?,28-,30-,32-,33-,35+,36-,37-,38-,39-,40-,41-,42-,43+,44-,45+,46-,47+,49+,50?/m0/s1. The average molecular weight is 898 g/mol. The van der Waals surface area contributed by atoms with Crippen LogP contribution in [0.3, 0.4) is 0 Å². The first-order valence-electron chi connectivity index (χ1n) is 23.7. The number of aliphatic hydroxyl groups excluding tert-OH is 1. The molecule has 0 aromatic carbocycles. The van der Waals surface area contributed by atoms with Crippen LogP contribution in [-0.4, -0.2) is 135 Å². The van der Waals surface area contributed by atoms with Gasteiger partial charge in [0.25, 0.3) is 0 Å². The molecule has 20 atom stereocenters. The van der Waals surface area contributed by atoms with Crippen LogP contribution < -0.4 is 0 Å². The molecule has 4 saturated heterocycles. The van der Waals surface area contributed by atoms with E-state index in [4.69, 9.17) is 47.5 Å². The molecule has 2 N–H and O–H groups in total. The van der Waals surface area contributed by atoms with E-state index in [0.717, 1.165) is 12.0 Å². The molecule has 6 heterocycles. The van der Waals surface area contributed by atoms with Gasteiger partial charge in [-0.15, -0.1) is 5.16 Å². The fourth-order valence-electron chi connectivity index (χ4n) is 11.4. The van der Waals surface area contributed by atoms with Crippen LogP contribution in [0.15, 0.2) is 64.4 Å². The Labute approximate surface area is 380 Å². The minimum atomic E-state index is -1.83. The van der Waals surface area contributed by atoms with Gasteiger partial charge in [0.1, 0.15) is 35.9 Å². The number of nitrogens with zero attached hydrogens (tertiary/aromatic N) is 1. The fraction of sp³-hybridized carbons (Fsp3) is 0.760. The summed E-state index contributed by atoms with van der Waals surface area (Å²) < 4.78 is 58.4. The van der Waals surface area contributed by atoms with Gasteiger partial charge < -0.3 is 57.7 Å². The van der Waals surface area contributed by atoms with E-state index in [1.165, 1.54) is 0 Å². The maximum Gasteiger partial charge on any atom is 0.316 e. The number of hydrogen-bond donors (Lipinski definition) is 2. The zero-order chi connectivity index (χ0) is 46.1. The number of rotatable bonds is 10. The van der Waals surface area contributed by atoms with Crippen molar-refractivity contribution in [3.8, 4) is 0 Å². The molecule has 4 fully saturated rings. The van der Waals surface area contributed by atoms with Crippen LogP contribution in [0.25, 0.3) is 0 Å². The Hall–Kier alpha value is -2.76. The highest BCUT2D eigenvalue weighted by Gasteiger charge is 2.60. The van der Waals surface area contributed by atoms with Gasteiger partial charge in [0, 0.05) is 64.4 Å². The van der Waals surface area contributed by atoms with Crippen molar-refractivity contribution in [1.82, 2.24) is 0 Å². The van der Waals surface area contributed by atoms with Gasteiger partial charge in [0.05, 0.1) is 49.3 Å². The highest BCUT2D eigenvalue weighted by molar-refractivity contribution is 5.78. The molecule has 1 spiro atoms. The average Bonchev–Trinajstić information content (AvgIpc) is 3.61. The minimum absolute atomic E-state index is 0.0351. The second kappa shape index (κ2) is 20.6. The summed E-state index contributed by atoms with van der Waals surface area (Å²) in [4.78, 5) is 19.9. The molecular weight excluding hydrogens is 823 g/mol. The molecule has 14 nitrogen and oxygen atoms in total. The molecule has 2 bridgehead atoms. The number of allylic oxidation sites excluding steroid dienone is 2. The summed E-state index contributed by atoms with van der Waals surface area (Å²) in [5, 5.41) is 27.4. The van der Waals surface area contributed by atoms with Gasteiger partial charge in [-0.3, -0.25) is 4.79 Å². The molecule has 64 heavy (non-hydrogen) atoms. The van der Waals surface area contributed by atoms with Crippen molar-refractivity contribution in [3.05, 3.63) is 59.3 Å². The summed E-state index contributed by atoms with van der Waals surface area (Å²) in [6.45, 7) is 20.0. The maximum absolute atomic E-state index is 14.4. The van der Waals surface area contributed by atoms with Crippen molar-refractivity contribution in [2.24, 2.45) is 34.7 Å². The lowest BCUT2D eigenvalue weighted by Crippen LogP contribution is -2.58. The fourth-order valence-corrected chi connectivity index (χ4v) is 11.4. The first-order valence-corrected chi connectivity index (χ1v) is 23.7. The maximum atomic E-state index is 14.4. The van der Waals surface area contributed by atoms with Crippen LogP contribution >= 0.6 is 0 Å². The molecule has 2 unspecified atom stereocenters. The van der Waals surface area contributed by atoms with E-state index >= 15 is 0 Å². The molecule has 358 valence electrons. The minimum Gasteiger partial charge on any atom is -0.462 e. The summed E-state index contributed by atoms with van der Waals surface area (Å²) in [6, 6.07) is 0. The van der Waals surface area contributed by atoms with Crippen molar-refractivity contribution in [1.29, 1.82) is 0 Å². The third-order valence-corrected chi connectivity index (χ3v) is 15.3. The van der Waals surface area contributed by atoms with E-state index in [1.807, 2.05) is 25.2 Å². The molecule has 0 aromatic heterocycles. The van der Waals surface area contributed by atoms with Crippen molar-refractivity contribution in [3.63, 3.8) is 0 Å². The summed E-state index contributed by atoms with van der Waals surface area (Å²) in [7, 11) is 3.42. The molecular formula is C50H75NO13. The van der Waals surface area contributed by atoms with Crippen LogP contribution in [0.5, 0.6) is 0 Å². The Morgan fingerprint density at radius 3 is 2.45 bits per heavy atom. The first kappa shape index (κ1) is 49.2. The first-order chi connectivity index (χ1) is 30.5. The third-order valence-electron chi connectivity index (χ3n) is 15.3. The number of ether oxygens (including phenoxy) is 9. The Kier molecular flexibility index (Phi) is 15.8. The number of fused-ring (bicyclic) bond motifs is 2. The number of aliphatic hydroxyl groups is 2. The molecule has 7 aliphatic rings. The highest BCUT2D eigenvalue weighted by Crippen LogP contribution is 2.47. The van der Waals surface area contributed by atoms with E-state index in [9.17, 15) is 15.0 Å². The van der Waals surface area contributed by atoms with E-state index in [2.05, 4.69) is 65.6 Å². The van der Waals surface area contributed by atoms with Crippen molar-refractivity contribution in [2.45, 2.75) is 191 Å². The van der Waals surface area contributed by atoms with E-state index in [1.54, 1.807) is 33.3 Å². The Morgan fingerprint density at radius 2 is 1.73 bits per heavy atom. The van der Waals surface area contributed by atoms with E-state index in [-0.39, 0.29) is 79.1 Å². The number of carbonyl (C=O) groups is 1. The Bertz CT molecular complexity index is 1800. The summed E-state index contributed by atoms with van der Waals surface area (Å²) >= 11 is 0. The van der Waals surface area contributed by atoms with Gasteiger partial charge in [-0.2, -0.15) is 0 Å².